The fourth-order valence-electron chi connectivity index (χ4n) is 2.53. The summed E-state index contributed by atoms with van der Waals surface area (Å²) < 4.78 is 19.0. The molecule has 1 unspecified atom stereocenters. The Labute approximate surface area is 109 Å². The molecule has 100 valence electrons. The molecular formula is C15H22FNO. The molecule has 1 fully saturated rings. The van der Waals surface area contributed by atoms with Gasteiger partial charge in [-0.2, -0.15) is 0 Å². The first-order chi connectivity index (χ1) is 8.69. The van der Waals surface area contributed by atoms with E-state index >= 15 is 0 Å². The molecule has 0 saturated heterocycles. The van der Waals surface area contributed by atoms with Gasteiger partial charge < -0.3 is 10.1 Å². The number of rotatable bonds is 6. The summed E-state index contributed by atoms with van der Waals surface area (Å²) in [6.07, 6.45) is 3.32. The number of halogens is 1. The minimum Gasteiger partial charge on any atom is -0.378 e. The summed E-state index contributed by atoms with van der Waals surface area (Å²) in [4.78, 5) is 0. The minimum absolute atomic E-state index is 0.105. The van der Waals surface area contributed by atoms with Gasteiger partial charge in [0.05, 0.1) is 6.10 Å². The van der Waals surface area contributed by atoms with Crippen molar-refractivity contribution in [3.8, 4) is 0 Å². The number of nitrogens with one attached hydrogen (secondary N) is 1. The highest BCUT2D eigenvalue weighted by atomic mass is 19.1. The highest BCUT2D eigenvalue weighted by molar-refractivity contribution is 5.18. The van der Waals surface area contributed by atoms with Crippen molar-refractivity contribution in [1.29, 1.82) is 0 Å². The molecule has 0 aromatic heterocycles. The van der Waals surface area contributed by atoms with Crippen LogP contribution in [0, 0.1) is 5.82 Å². The van der Waals surface area contributed by atoms with E-state index in [1.807, 2.05) is 19.1 Å². The molecular weight excluding hydrogens is 229 g/mol. The summed E-state index contributed by atoms with van der Waals surface area (Å²) in [6.45, 7) is 4.93. The maximum absolute atomic E-state index is 13.5. The standard InChI is InChI=1S/C15H22FNO/c1-3-18-14-9-13(10-14)17-11(2)8-12-6-4-5-7-15(12)16/h4-7,11,13-14,17H,3,8-10H2,1-2H3. The Morgan fingerprint density at radius 1 is 1.39 bits per heavy atom. The van der Waals surface area contributed by atoms with Gasteiger partial charge in [-0.25, -0.2) is 4.39 Å². The molecule has 0 heterocycles. The van der Waals surface area contributed by atoms with Crippen LogP contribution in [-0.2, 0) is 11.2 Å². The van der Waals surface area contributed by atoms with E-state index in [1.54, 1.807) is 6.07 Å². The normalized spacial score (nSPS) is 24.6. The molecule has 1 aliphatic rings. The maximum atomic E-state index is 13.5. The lowest BCUT2D eigenvalue weighted by Gasteiger charge is -2.37. The molecule has 3 heteroatoms. The zero-order valence-electron chi connectivity index (χ0n) is 11.2. The molecule has 2 nitrogen and oxygen atoms in total. The van der Waals surface area contributed by atoms with Crippen molar-refractivity contribution in [2.75, 3.05) is 6.61 Å². The third-order valence-corrected chi connectivity index (χ3v) is 3.50. The van der Waals surface area contributed by atoms with Gasteiger partial charge in [0.1, 0.15) is 5.82 Å². The maximum Gasteiger partial charge on any atom is 0.126 e. The van der Waals surface area contributed by atoms with E-state index in [-0.39, 0.29) is 5.82 Å². The van der Waals surface area contributed by atoms with Gasteiger partial charge in [-0.3, -0.25) is 0 Å². The van der Waals surface area contributed by atoms with Crippen LogP contribution >= 0.6 is 0 Å². The lowest BCUT2D eigenvalue weighted by molar-refractivity contribution is -0.0119. The van der Waals surface area contributed by atoms with Crippen molar-refractivity contribution in [2.45, 2.75) is 51.3 Å². The lowest BCUT2D eigenvalue weighted by atomic mass is 9.88. The summed E-state index contributed by atoms with van der Waals surface area (Å²) in [6, 6.07) is 7.83. The predicted octanol–water partition coefficient (Wildman–Crippen LogP) is 2.91. The van der Waals surface area contributed by atoms with Gasteiger partial charge >= 0.3 is 0 Å². The van der Waals surface area contributed by atoms with Gasteiger partial charge in [-0.1, -0.05) is 18.2 Å². The van der Waals surface area contributed by atoms with E-state index in [1.165, 1.54) is 6.07 Å². The molecule has 0 spiro atoms. The first-order valence-electron chi connectivity index (χ1n) is 6.80. The van der Waals surface area contributed by atoms with Crippen LogP contribution in [0.15, 0.2) is 24.3 Å². The molecule has 1 saturated carbocycles. The third kappa shape index (κ3) is 3.53. The Bertz CT molecular complexity index is 377. The van der Waals surface area contributed by atoms with Gasteiger partial charge in [0.25, 0.3) is 0 Å². The topological polar surface area (TPSA) is 21.3 Å². The van der Waals surface area contributed by atoms with Crippen LogP contribution in [0.3, 0.4) is 0 Å². The molecule has 1 aromatic carbocycles. The lowest BCUT2D eigenvalue weighted by Crippen LogP contribution is -2.49. The van der Waals surface area contributed by atoms with Crippen molar-refractivity contribution in [2.24, 2.45) is 0 Å². The van der Waals surface area contributed by atoms with Crippen molar-refractivity contribution < 1.29 is 9.13 Å². The molecule has 0 amide bonds. The monoisotopic (exact) mass is 251 g/mol. The fourth-order valence-corrected chi connectivity index (χ4v) is 2.53. The average Bonchev–Trinajstić information content (AvgIpc) is 2.29. The third-order valence-electron chi connectivity index (χ3n) is 3.50. The zero-order valence-corrected chi connectivity index (χ0v) is 11.2. The van der Waals surface area contributed by atoms with Gasteiger partial charge in [0.15, 0.2) is 0 Å². The second kappa shape index (κ2) is 6.30. The molecule has 1 atom stereocenters. The number of ether oxygens (including phenoxy) is 1. The van der Waals surface area contributed by atoms with E-state index in [4.69, 9.17) is 4.74 Å². The second-order valence-electron chi connectivity index (χ2n) is 5.11. The minimum atomic E-state index is -0.105. The van der Waals surface area contributed by atoms with E-state index in [2.05, 4.69) is 12.2 Å². The van der Waals surface area contributed by atoms with E-state index in [0.29, 0.717) is 18.2 Å². The Balaban J connectivity index is 1.73. The molecule has 1 aliphatic carbocycles. The number of benzene rings is 1. The van der Waals surface area contributed by atoms with Crippen LogP contribution in [0.2, 0.25) is 0 Å². The highest BCUT2D eigenvalue weighted by Crippen LogP contribution is 2.24. The van der Waals surface area contributed by atoms with Crippen LogP contribution in [0.25, 0.3) is 0 Å². The molecule has 0 aliphatic heterocycles. The van der Waals surface area contributed by atoms with E-state index < -0.39 is 0 Å². The van der Waals surface area contributed by atoms with Crippen LogP contribution < -0.4 is 5.32 Å². The molecule has 18 heavy (non-hydrogen) atoms. The van der Waals surface area contributed by atoms with E-state index in [0.717, 1.165) is 31.4 Å². The van der Waals surface area contributed by atoms with Gasteiger partial charge in [-0.05, 0) is 44.7 Å². The van der Waals surface area contributed by atoms with E-state index in [9.17, 15) is 4.39 Å². The van der Waals surface area contributed by atoms with Gasteiger partial charge in [-0.15, -0.1) is 0 Å². The predicted molar refractivity (Wildman–Crippen MR) is 71.1 cm³/mol. The summed E-state index contributed by atoms with van der Waals surface area (Å²) >= 11 is 0. The SMILES string of the molecule is CCOC1CC(NC(C)Cc2ccccc2F)C1. The average molecular weight is 251 g/mol. The van der Waals surface area contributed by atoms with Gasteiger partial charge in [0, 0.05) is 18.7 Å². The Morgan fingerprint density at radius 3 is 2.78 bits per heavy atom. The zero-order chi connectivity index (χ0) is 13.0. The molecule has 0 radical (unpaired) electrons. The Kier molecular flexibility index (Phi) is 4.72. The van der Waals surface area contributed by atoms with Crippen LogP contribution in [0.1, 0.15) is 32.3 Å². The van der Waals surface area contributed by atoms with Crippen molar-refractivity contribution >= 4 is 0 Å². The van der Waals surface area contributed by atoms with Crippen molar-refractivity contribution in [3.63, 3.8) is 0 Å². The fraction of sp³-hybridized carbons (Fsp3) is 0.600. The molecule has 2 rings (SSSR count). The van der Waals surface area contributed by atoms with Crippen LogP contribution in [0.4, 0.5) is 4.39 Å². The van der Waals surface area contributed by atoms with Crippen LogP contribution in [0.5, 0.6) is 0 Å². The quantitative estimate of drug-likeness (QED) is 0.839. The molecule has 0 bridgehead atoms. The largest absolute Gasteiger partial charge is 0.378 e. The molecule has 1 aromatic rings. The van der Waals surface area contributed by atoms with Gasteiger partial charge in [0.2, 0.25) is 0 Å². The number of hydrogen-bond acceptors (Lipinski definition) is 2. The second-order valence-corrected chi connectivity index (χ2v) is 5.11. The first kappa shape index (κ1) is 13.5. The highest BCUT2D eigenvalue weighted by Gasteiger charge is 2.30. The summed E-state index contributed by atoms with van der Waals surface area (Å²) in [7, 11) is 0. The summed E-state index contributed by atoms with van der Waals surface area (Å²) in [5, 5.41) is 3.53. The summed E-state index contributed by atoms with van der Waals surface area (Å²) in [5.41, 5.74) is 0.790. The number of hydrogen-bond donors (Lipinski definition) is 1. The van der Waals surface area contributed by atoms with Crippen molar-refractivity contribution in [1.82, 2.24) is 5.32 Å². The Morgan fingerprint density at radius 2 is 2.11 bits per heavy atom. The first-order valence-corrected chi connectivity index (χ1v) is 6.80. The summed E-state index contributed by atoms with van der Waals surface area (Å²) in [5.74, 6) is -0.105. The Hall–Kier alpha value is -0.930. The van der Waals surface area contributed by atoms with Crippen LogP contribution in [-0.4, -0.2) is 24.8 Å². The smallest absolute Gasteiger partial charge is 0.126 e. The van der Waals surface area contributed by atoms with Crippen molar-refractivity contribution in [3.05, 3.63) is 35.6 Å². The molecule has 1 N–H and O–H groups in total.